The lowest BCUT2D eigenvalue weighted by Gasteiger charge is -2.08. The van der Waals surface area contributed by atoms with E-state index in [1.165, 1.54) is 0 Å². The molecule has 0 saturated carbocycles. The average molecular weight is 223 g/mol. The number of nitrogens with zero attached hydrogens (tertiary/aromatic N) is 1. The Morgan fingerprint density at radius 3 is 2.00 bits per heavy atom. The molecule has 0 radical (unpaired) electrons. The molecule has 5 heteroatoms. The first-order valence-electron chi connectivity index (χ1n) is 5.53. The van der Waals surface area contributed by atoms with Gasteiger partial charge < -0.3 is 20.1 Å². The smallest absolute Gasteiger partial charge is 0.0701 e. The van der Waals surface area contributed by atoms with Crippen molar-refractivity contribution in [2.45, 2.75) is 0 Å². The molecular weight excluding hydrogens is 206 g/mol. The van der Waals surface area contributed by atoms with Gasteiger partial charge >= 0.3 is 0 Å². The monoisotopic (exact) mass is 223 g/mol. The van der Waals surface area contributed by atoms with Gasteiger partial charge in [0.25, 0.3) is 0 Å². The number of fused-ring (bicyclic) bond motifs is 2. The molecule has 1 aromatic heterocycles. The van der Waals surface area contributed by atoms with E-state index in [0.717, 1.165) is 24.5 Å². The molecule has 0 atom stereocenters. The van der Waals surface area contributed by atoms with E-state index in [2.05, 4.69) is 15.6 Å². The highest BCUT2D eigenvalue weighted by atomic mass is 16.5. The average Bonchev–Trinajstić information content (AvgIpc) is 2.32. The summed E-state index contributed by atoms with van der Waals surface area (Å²) in [5.41, 5.74) is 2.02. The zero-order chi connectivity index (χ0) is 11.1. The van der Waals surface area contributed by atoms with E-state index in [-0.39, 0.29) is 0 Å². The predicted molar refractivity (Wildman–Crippen MR) is 62.9 cm³/mol. The van der Waals surface area contributed by atoms with E-state index >= 15 is 0 Å². The molecule has 2 N–H and O–H groups in total. The molecule has 0 spiro atoms. The summed E-state index contributed by atoms with van der Waals surface area (Å²) < 4.78 is 10.8. The summed E-state index contributed by atoms with van der Waals surface area (Å²) >= 11 is 0. The zero-order valence-corrected chi connectivity index (χ0v) is 9.24. The van der Waals surface area contributed by atoms with Crippen LogP contribution in [0.1, 0.15) is 0 Å². The summed E-state index contributed by atoms with van der Waals surface area (Å²) in [5, 5.41) is 6.51. The molecule has 0 amide bonds. The van der Waals surface area contributed by atoms with E-state index in [0.29, 0.717) is 26.4 Å². The molecular formula is C11H17N3O2. The number of anilines is 2. The van der Waals surface area contributed by atoms with Crippen molar-refractivity contribution in [1.29, 1.82) is 0 Å². The second-order valence-corrected chi connectivity index (χ2v) is 3.54. The van der Waals surface area contributed by atoms with Crippen molar-refractivity contribution >= 4 is 11.4 Å². The highest BCUT2D eigenvalue weighted by Gasteiger charge is 1.98. The van der Waals surface area contributed by atoms with Crippen LogP contribution in [0.3, 0.4) is 0 Å². The molecule has 16 heavy (non-hydrogen) atoms. The Balaban J connectivity index is 1.95. The molecule has 1 aliphatic rings. The van der Waals surface area contributed by atoms with Crippen LogP contribution >= 0.6 is 0 Å². The van der Waals surface area contributed by atoms with Gasteiger partial charge in [0.2, 0.25) is 0 Å². The molecule has 0 aromatic carbocycles. The molecule has 0 unspecified atom stereocenters. The summed E-state index contributed by atoms with van der Waals surface area (Å²) in [6.07, 6.45) is 3.61. The number of aromatic nitrogens is 1. The highest BCUT2D eigenvalue weighted by molar-refractivity contribution is 5.53. The van der Waals surface area contributed by atoms with E-state index in [9.17, 15) is 0 Å². The van der Waals surface area contributed by atoms with Crippen molar-refractivity contribution in [3.63, 3.8) is 0 Å². The second kappa shape index (κ2) is 6.30. The summed E-state index contributed by atoms with van der Waals surface area (Å²) in [6.45, 7) is 4.23. The van der Waals surface area contributed by atoms with Crippen LogP contribution in [0.2, 0.25) is 0 Å². The lowest BCUT2D eigenvalue weighted by Crippen LogP contribution is -2.13. The minimum absolute atomic E-state index is 0.650. The Morgan fingerprint density at radius 1 is 0.875 bits per heavy atom. The first kappa shape index (κ1) is 11.2. The van der Waals surface area contributed by atoms with Crippen LogP contribution in [0.5, 0.6) is 0 Å². The molecule has 2 rings (SSSR count). The van der Waals surface area contributed by atoms with Gasteiger partial charge in [-0.05, 0) is 6.07 Å². The van der Waals surface area contributed by atoms with Crippen molar-refractivity contribution < 1.29 is 9.47 Å². The number of hydrogen-bond acceptors (Lipinski definition) is 5. The Hall–Kier alpha value is -1.33. The standard InChI is InChI=1S/C11H17N3O2/c1-3-15-5-6-16-4-2-14-11-7-10(13-1)8-12-9-11/h7-9,13-14H,1-6H2. The Morgan fingerprint density at radius 2 is 1.44 bits per heavy atom. The zero-order valence-electron chi connectivity index (χ0n) is 9.24. The third-order valence-electron chi connectivity index (χ3n) is 2.26. The molecule has 0 saturated heterocycles. The summed E-state index contributed by atoms with van der Waals surface area (Å²) in [4.78, 5) is 4.15. The van der Waals surface area contributed by atoms with Crippen LogP contribution in [-0.4, -0.2) is 44.5 Å². The van der Waals surface area contributed by atoms with Gasteiger partial charge in [-0.15, -0.1) is 0 Å². The summed E-state index contributed by atoms with van der Waals surface area (Å²) in [7, 11) is 0. The van der Waals surface area contributed by atoms with E-state index in [4.69, 9.17) is 9.47 Å². The Bertz CT molecular complexity index is 293. The summed E-state index contributed by atoms with van der Waals surface area (Å²) in [6, 6.07) is 2.03. The minimum atomic E-state index is 0.650. The Kier molecular flexibility index (Phi) is 4.39. The van der Waals surface area contributed by atoms with Gasteiger partial charge in [-0.25, -0.2) is 0 Å². The van der Waals surface area contributed by atoms with Crippen molar-refractivity contribution in [3.8, 4) is 0 Å². The van der Waals surface area contributed by atoms with Crippen LogP contribution in [0.25, 0.3) is 0 Å². The number of nitrogens with one attached hydrogen (secondary N) is 2. The van der Waals surface area contributed by atoms with Gasteiger partial charge in [0.1, 0.15) is 0 Å². The normalized spacial score (nSPS) is 18.2. The predicted octanol–water partition coefficient (Wildman–Crippen LogP) is 0.952. The third-order valence-corrected chi connectivity index (χ3v) is 2.26. The van der Waals surface area contributed by atoms with E-state index in [1.54, 1.807) is 12.4 Å². The molecule has 5 nitrogen and oxygen atoms in total. The fraction of sp³-hybridized carbons (Fsp3) is 0.545. The van der Waals surface area contributed by atoms with Gasteiger partial charge in [-0.3, -0.25) is 4.98 Å². The number of rotatable bonds is 0. The number of pyridine rings is 1. The van der Waals surface area contributed by atoms with E-state index in [1.807, 2.05) is 6.07 Å². The quantitative estimate of drug-likeness (QED) is 0.686. The molecule has 2 bridgehead atoms. The maximum atomic E-state index is 5.39. The van der Waals surface area contributed by atoms with Crippen molar-refractivity contribution in [1.82, 2.24) is 4.98 Å². The minimum Gasteiger partial charge on any atom is -0.381 e. The second-order valence-electron chi connectivity index (χ2n) is 3.54. The maximum absolute atomic E-state index is 5.39. The fourth-order valence-corrected chi connectivity index (χ4v) is 1.49. The largest absolute Gasteiger partial charge is 0.381 e. The maximum Gasteiger partial charge on any atom is 0.0701 e. The first-order valence-corrected chi connectivity index (χ1v) is 5.53. The topological polar surface area (TPSA) is 55.4 Å². The van der Waals surface area contributed by atoms with Gasteiger partial charge in [0, 0.05) is 13.1 Å². The first-order chi connectivity index (χ1) is 7.95. The van der Waals surface area contributed by atoms with Crippen LogP contribution < -0.4 is 10.6 Å². The lowest BCUT2D eigenvalue weighted by molar-refractivity contribution is 0.0557. The SMILES string of the molecule is c1ncc2cc1NCCOCCOCCN2. The lowest BCUT2D eigenvalue weighted by atomic mass is 10.3. The van der Waals surface area contributed by atoms with E-state index < -0.39 is 0 Å². The molecule has 88 valence electrons. The van der Waals surface area contributed by atoms with Crippen molar-refractivity contribution in [2.24, 2.45) is 0 Å². The van der Waals surface area contributed by atoms with Crippen molar-refractivity contribution in [2.75, 3.05) is 50.2 Å². The van der Waals surface area contributed by atoms with Gasteiger partial charge in [0.15, 0.2) is 0 Å². The van der Waals surface area contributed by atoms with Crippen LogP contribution in [0.15, 0.2) is 18.5 Å². The van der Waals surface area contributed by atoms with Crippen molar-refractivity contribution in [3.05, 3.63) is 18.5 Å². The highest BCUT2D eigenvalue weighted by Crippen LogP contribution is 2.12. The van der Waals surface area contributed by atoms with Gasteiger partial charge in [-0.1, -0.05) is 0 Å². The fourth-order valence-electron chi connectivity index (χ4n) is 1.49. The van der Waals surface area contributed by atoms with Crippen LogP contribution in [0.4, 0.5) is 11.4 Å². The molecule has 1 aromatic rings. The summed E-state index contributed by atoms with van der Waals surface area (Å²) in [5.74, 6) is 0. The number of hydrogen-bond donors (Lipinski definition) is 2. The van der Waals surface area contributed by atoms with Gasteiger partial charge in [0.05, 0.1) is 50.2 Å². The molecule has 0 aliphatic carbocycles. The Labute approximate surface area is 95.2 Å². The van der Waals surface area contributed by atoms with Crippen LogP contribution in [-0.2, 0) is 9.47 Å². The molecule has 0 fully saturated rings. The van der Waals surface area contributed by atoms with Gasteiger partial charge in [-0.2, -0.15) is 0 Å². The third kappa shape index (κ3) is 3.67. The number of ether oxygens (including phenoxy) is 2. The molecule has 2 heterocycles. The molecule has 1 aliphatic heterocycles. The van der Waals surface area contributed by atoms with Crippen LogP contribution in [0, 0.1) is 0 Å².